The van der Waals surface area contributed by atoms with Crippen LogP contribution in [0.3, 0.4) is 0 Å². The number of rotatable bonds is 14. The summed E-state index contributed by atoms with van der Waals surface area (Å²) in [5.41, 5.74) is 5.77. The third-order valence-corrected chi connectivity index (χ3v) is 11.2. The number of hydrogen-bond donors (Lipinski definition) is 1. The summed E-state index contributed by atoms with van der Waals surface area (Å²) in [5.74, 6) is -0.535. The SMILES string of the molecule is Cn1c2ccncc2c2ccc(-c3ccc(OC4CC(Oc5ccc(CCCCCCOc6ccc7c(c6)C(=O)N(C6CCC(=O)NC6=O)C7=O)nn5)C4)nc3)cc21. The van der Waals surface area contributed by atoms with Crippen LogP contribution in [0.4, 0.5) is 0 Å². The molecule has 4 amide bonds. The minimum absolute atomic E-state index is 0.0154. The van der Waals surface area contributed by atoms with Crippen molar-refractivity contribution in [3.63, 3.8) is 0 Å². The molecule has 1 saturated heterocycles. The van der Waals surface area contributed by atoms with E-state index in [0.717, 1.165) is 83.1 Å². The number of nitrogens with one attached hydrogen (secondary N) is 1. The first-order chi connectivity index (χ1) is 28.3. The number of fused-ring (bicyclic) bond motifs is 4. The summed E-state index contributed by atoms with van der Waals surface area (Å²) in [4.78, 5) is 59.6. The molecule has 1 aliphatic carbocycles. The van der Waals surface area contributed by atoms with Gasteiger partial charge in [-0.3, -0.25) is 34.4 Å². The minimum Gasteiger partial charge on any atom is -0.494 e. The van der Waals surface area contributed by atoms with Crippen LogP contribution in [-0.4, -0.2) is 78.1 Å². The first kappa shape index (κ1) is 36.9. The second-order valence-corrected chi connectivity index (χ2v) is 15.1. The van der Waals surface area contributed by atoms with Crippen molar-refractivity contribution >= 4 is 45.4 Å². The lowest BCUT2D eigenvalue weighted by Crippen LogP contribution is -2.54. The van der Waals surface area contributed by atoms with Crippen molar-refractivity contribution in [1.29, 1.82) is 0 Å². The number of carbonyl (C=O) groups is 4. The zero-order chi connectivity index (χ0) is 39.8. The monoisotopic (exact) mass is 779 g/mol. The van der Waals surface area contributed by atoms with Crippen molar-refractivity contribution in [2.75, 3.05) is 6.61 Å². The van der Waals surface area contributed by atoms with E-state index in [1.807, 2.05) is 48.9 Å². The molecule has 1 saturated carbocycles. The zero-order valence-corrected chi connectivity index (χ0v) is 31.9. The molecule has 0 bridgehead atoms. The average molecular weight is 780 g/mol. The lowest BCUT2D eigenvalue weighted by Gasteiger charge is -2.34. The molecule has 6 aromatic rings. The van der Waals surface area contributed by atoms with Crippen LogP contribution in [0.1, 0.15) is 77.8 Å². The standard InChI is InChI=1S/C44H41N7O7/c1-50-36-17-18-45-25-35(36)32-11-7-26(20-38(32)50)27-8-15-40(46-24-27)57-30-21-31(22-30)58-41-16-9-28(48-49-41)6-4-2-3-5-19-56-29-10-12-33-34(23-29)44(55)51(43(33)54)37-13-14-39(52)47-42(37)53/h7-12,15-18,20,23-25,30-31,37H,2-6,13-14,19,21-22H2,1H3,(H,47,52,53). The summed E-state index contributed by atoms with van der Waals surface area (Å²) >= 11 is 0. The maximum Gasteiger partial charge on any atom is 0.262 e. The number of benzene rings is 2. The Labute approximate surface area is 333 Å². The predicted molar refractivity (Wildman–Crippen MR) is 212 cm³/mol. The molecule has 2 aliphatic heterocycles. The number of piperidine rings is 1. The molecule has 1 unspecified atom stereocenters. The number of aromatic nitrogens is 5. The van der Waals surface area contributed by atoms with Gasteiger partial charge in [0, 0.05) is 78.9 Å². The van der Waals surface area contributed by atoms with E-state index >= 15 is 0 Å². The Bertz CT molecular complexity index is 2550. The Kier molecular flexibility index (Phi) is 9.98. The Morgan fingerprint density at radius 2 is 1.53 bits per heavy atom. The summed E-state index contributed by atoms with van der Waals surface area (Å²) < 4.78 is 20.2. The highest BCUT2D eigenvalue weighted by Crippen LogP contribution is 2.34. The molecule has 2 fully saturated rings. The highest BCUT2D eigenvalue weighted by Gasteiger charge is 2.44. The van der Waals surface area contributed by atoms with Crippen LogP contribution in [-0.2, 0) is 23.1 Å². The van der Waals surface area contributed by atoms with Crippen LogP contribution < -0.4 is 19.5 Å². The van der Waals surface area contributed by atoms with Gasteiger partial charge in [0.05, 0.1) is 28.9 Å². The van der Waals surface area contributed by atoms with Crippen LogP contribution in [0.15, 0.2) is 85.3 Å². The summed E-state index contributed by atoms with van der Waals surface area (Å²) in [6.07, 6.45) is 11.8. The molecule has 294 valence electrons. The van der Waals surface area contributed by atoms with Crippen molar-refractivity contribution in [2.24, 2.45) is 7.05 Å². The Morgan fingerprint density at radius 3 is 2.33 bits per heavy atom. The number of nitrogens with zero attached hydrogens (tertiary/aromatic N) is 6. The van der Waals surface area contributed by atoms with Gasteiger partial charge in [-0.05, 0) is 73.7 Å². The van der Waals surface area contributed by atoms with Gasteiger partial charge in [-0.1, -0.05) is 25.0 Å². The van der Waals surface area contributed by atoms with Gasteiger partial charge in [-0.2, -0.15) is 5.10 Å². The summed E-state index contributed by atoms with van der Waals surface area (Å²) in [6, 6.07) is 20.1. The second kappa shape index (κ2) is 15.7. The highest BCUT2D eigenvalue weighted by atomic mass is 16.5. The van der Waals surface area contributed by atoms with E-state index in [2.05, 4.69) is 55.3 Å². The van der Waals surface area contributed by atoms with Gasteiger partial charge >= 0.3 is 0 Å². The molecular formula is C44H41N7O7. The van der Waals surface area contributed by atoms with Gasteiger partial charge in [-0.25, -0.2) is 4.98 Å². The maximum absolute atomic E-state index is 13.0. The van der Waals surface area contributed by atoms with Crippen molar-refractivity contribution in [2.45, 2.75) is 76.0 Å². The van der Waals surface area contributed by atoms with Crippen molar-refractivity contribution in [3.05, 3.63) is 102 Å². The number of pyridine rings is 2. The molecule has 4 aromatic heterocycles. The Balaban J connectivity index is 0.664. The fourth-order valence-electron chi connectivity index (χ4n) is 7.94. The zero-order valence-electron chi connectivity index (χ0n) is 31.9. The van der Waals surface area contributed by atoms with Gasteiger partial charge in [0.25, 0.3) is 11.8 Å². The summed E-state index contributed by atoms with van der Waals surface area (Å²) in [7, 11) is 2.08. The average Bonchev–Trinajstić information content (AvgIpc) is 3.65. The largest absolute Gasteiger partial charge is 0.494 e. The van der Waals surface area contributed by atoms with E-state index in [4.69, 9.17) is 14.2 Å². The number of aryl methyl sites for hydroxylation is 2. The van der Waals surface area contributed by atoms with Gasteiger partial charge in [-0.15, -0.1) is 5.10 Å². The van der Waals surface area contributed by atoms with Gasteiger partial charge in [0.15, 0.2) is 0 Å². The lowest BCUT2D eigenvalue weighted by atomic mass is 9.92. The van der Waals surface area contributed by atoms with Crippen LogP contribution in [0.25, 0.3) is 32.9 Å². The number of unbranched alkanes of at least 4 members (excludes halogenated alkanes) is 3. The van der Waals surface area contributed by atoms with Crippen LogP contribution in [0.2, 0.25) is 0 Å². The normalized spacial score (nSPS) is 19.0. The van der Waals surface area contributed by atoms with Gasteiger partial charge in [0.2, 0.25) is 23.6 Å². The maximum atomic E-state index is 13.0. The Hall–Kier alpha value is -6.70. The number of ether oxygens (including phenoxy) is 3. The molecule has 58 heavy (non-hydrogen) atoms. The van der Waals surface area contributed by atoms with Crippen molar-refractivity contribution < 1.29 is 33.4 Å². The molecule has 6 heterocycles. The number of imide groups is 2. The van der Waals surface area contributed by atoms with E-state index < -0.39 is 29.7 Å². The molecule has 2 aromatic carbocycles. The summed E-state index contributed by atoms with van der Waals surface area (Å²) in [6.45, 7) is 0.460. The minimum atomic E-state index is -0.994. The fraction of sp³-hybridized carbons (Fsp3) is 0.318. The van der Waals surface area contributed by atoms with Gasteiger partial charge < -0.3 is 18.8 Å². The molecule has 1 N–H and O–H groups in total. The first-order valence-corrected chi connectivity index (χ1v) is 19.7. The van der Waals surface area contributed by atoms with Crippen molar-refractivity contribution in [3.8, 4) is 28.6 Å². The molecule has 14 heteroatoms. The lowest BCUT2D eigenvalue weighted by molar-refractivity contribution is -0.136. The van der Waals surface area contributed by atoms with E-state index in [0.29, 0.717) is 24.1 Å². The van der Waals surface area contributed by atoms with E-state index in [1.165, 1.54) is 5.39 Å². The third kappa shape index (κ3) is 7.33. The van der Waals surface area contributed by atoms with Crippen LogP contribution in [0.5, 0.6) is 17.5 Å². The molecule has 3 aliphatic rings. The smallest absolute Gasteiger partial charge is 0.262 e. The third-order valence-electron chi connectivity index (χ3n) is 11.2. The number of hydrogen-bond acceptors (Lipinski definition) is 11. The molecule has 1 atom stereocenters. The van der Waals surface area contributed by atoms with E-state index in [-0.39, 0.29) is 36.2 Å². The summed E-state index contributed by atoms with van der Waals surface area (Å²) in [5, 5.41) is 13.2. The quantitative estimate of drug-likeness (QED) is 0.0995. The number of amides is 4. The molecule has 14 nitrogen and oxygen atoms in total. The number of carbonyl (C=O) groups excluding carboxylic acids is 4. The fourth-order valence-corrected chi connectivity index (χ4v) is 7.94. The van der Waals surface area contributed by atoms with Gasteiger partial charge in [0.1, 0.15) is 24.0 Å². The molecule has 9 rings (SSSR count). The molecular weight excluding hydrogens is 739 g/mol. The van der Waals surface area contributed by atoms with E-state index in [9.17, 15) is 19.2 Å². The first-order valence-electron chi connectivity index (χ1n) is 19.7. The Morgan fingerprint density at radius 1 is 0.741 bits per heavy atom. The predicted octanol–water partition coefficient (Wildman–Crippen LogP) is 6.15. The highest BCUT2D eigenvalue weighted by molar-refractivity contribution is 6.23. The molecule has 0 radical (unpaired) electrons. The van der Waals surface area contributed by atoms with Crippen LogP contribution >= 0.6 is 0 Å². The second-order valence-electron chi connectivity index (χ2n) is 15.1. The van der Waals surface area contributed by atoms with Crippen LogP contribution in [0, 0.1) is 0 Å². The molecule has 0 spiro atoms. The topological polar surface area (TPSA) is 168 Å². The van der Waals surface area contributed by atoms with E-state index in [1.54, 1.807) is 18.2 Å². The van der Waals surface area contributed by atoms with Crippen molar-refractivity contribution in [1.82, 2.24) is 34.9 Å².